The highest BCUT2D eigenvalue weighted by Crippen LogP contribution is 2.29. The van der Waals surface area contributed by atoms with Crippen molar-refractivity contribution in [3.8, 4) is 0 Å². The molecule has 0 radical (unpaired) electrons. The van der Waals surface area contributed by atoms with Gasteiger partial charge in [0.2, 0.25) is 0 Å². The van der Waals surface area contributed by atoms with Crippen LogP contribution in [0.1, 0.15) is 51.7 Å². The van der Waals surface area contributed by atoms with Crippen molar-refractivity contribution < 1.29 is 8.78 Å². The Morgan fingerprint density at radius 3 is 1.93 bits per heavy atom. The molecule has 84 valence electrons. The summed E-state index contributed by atoms with van der Waals surface area (Å²) in [6.07, 6.45) is 0. The van der Waals surface area contributed by atoms with Gasteiger partial charge in [-0.1, -0.05) is 34.6 Å². The summed E-state index contributed by atoms with van der Waals surface area (Å²) in [7, 11) is 0. The average molecular weight is 212 g/mol. The second-order valence-electron chi connectivity index (χ2n) is 5.26. The minimum Gasteiger partial charge on any atom is -0.207 e. The van der Waals surface area contributed by atoms with Crippen LogP contribution in [0, 0.1) is 11.6 Å². The lowest BCUT2D eigenvalue weighted by Crippen LogP contribution is -2.15. The highest BCUT2D eigenvalue weighted by Gasteiger charge is 2.21. The van der Waals surface area contributed by atoms with Crippen molar-refractivity contribution in [1.82, 2.24) is 0 Å². The topological polar surface area (TPSA) is 0 Å². The van der Waals surface area contributed by atoms with Crippen LogP contribution in [0.2, 0.25) is 0 Å². The van der Waals surface area contributed by atoms with Crippen molar-refractivity contribution in [3.05, 3.63) is 34.9 Å². The van der Waals surface area contributed by atoms with Crippen LogP contribution in [-0.2, 0) is 5.41 Å². The molecule has 2 heteroatoms. The van der Waals surface area contributed by atoms with E-state index in [2.05, 4.69) is 0 Å². The lowest BCUT2D eigenvalue weighted by Gasteiger charge is -2.21. The average Bonchev–Trinajstić information content (AvgIpc) is 2.00. The van der Waals surface area contributed by atoms with Gasteiger partial charge in [-0.2, -0.15) is 0 Å². The van der Waals surface area contributed by atoms with Crippen molar-refractivity contribution in [2.24, 2.45) is 0 Å². The highest BCUT2D eigenvalue weighted by atomic mass is 19.1. The van der Waals surface area contributed by atoms with Gasteiger partial charge in [-0.15, -0.1) is 0 Å². The number of hydrogen-bond donors (Lipinski definition) is 0. The largest absolute Gasteiger partial charge is 0.207 e. The molecule has 0 nitrogen and oxygen atoms in total. The van der Waals surface area contributed by atoms with Gasteiger partial charge >= 0.3 is 0 Å². The molecule has 0 N–H and O–H groups in total. The quantitative estimate of drug-likeness (QED) is 0.647. The number of hydrogen-bond acceptors (Lipinski definition) is 0. The minimum atomic E-state index is -0.454. The monoisotopic (exact) mass is 212 g/mol. The Labute approximate surface area is 90.3 Å². The Bertz CT molecular complexity index is 360. The minimum absolute atomic E-state index is 0.0756. The maximum absolute atomic E-state index is 13.5. The van der Waals surface area contributed by atoms with Crippen LogP contribution < -0.4 is 0 Å². The van der Waals surface area contributed by atoms with Crippen molar-refractivity contribution in [3.63, 3.8) is 0 Å². The summed E-state index contributed by atoms with van der Waals surface area (Å²) in [5, 5.41) is 0. The van der Waals surface area contributed by atoms with Gasteiger partial charge < -0.3 is 0 Å². The molecule has 0 heterocycles. The number of halogens is 2. The predicted molar refractivity (Wildman–Crippen MR) is 59.1 cm³/mol. The maximum atomic E-state index is 13.5. The fraction of sp³-hybridized carbons (Fsp3) is 0.538. The van der Waals surface area contributed by atoms with E-state index < -0.39 is 11.6 Å². The van der Waals surface area contributed by atoms with Crippen molar-refractivity contribution >= 4 is 0 Å². The summed E-state index contributed by atoms with van der Waals surface area (Å²) < 4.78 is 27.0. The van der Waals surface area contributed by atoms with Crippen LogP contribution in [0.3, 0.4) is 0 Å². The molecule has 0 atom stereocenters. The van der Waals surface area contributed by atoms with Gasteiger partial charge in [-0.25, -0.2) is 8.78 Å². The molecule has 0 unspecified atom stereocenters. The molecular formula is C13H18F2. The van der Waals surface area contributed by atoms with E-state index in [-0.39, 0.29) is 11.3 Å². The number of rotatable bonds is 1. The summed E-state index contributed by atoms with van der Waals surface area (Å²) in [6, 6.07) is 2.64. The predicted octanol–water partition coefficient (Wildman–Crippen LogP) is 4.39. The zero-order chi connectivity index (χ0) is 11.8. The Hall–Kier alpha value is -0.920. The molecule has 0 fully saturated rings. The van der Waals surface area contributed by atoms with Crippen molar-refractivity contribution in [2.75, 3.05) is 0 Å². The van der Waals surface area contributed by atoms with Gasteiger partial charge in [0.15, 0.2) is 0 Å². The summed E-state index contributed by atoms with van der Waals surface area (Å²) in [4.78, 5) is 0. The first-order valence-corrected chi connectivity index (χ1v) is 5.23. The third-order valence-electron chi connectivity index (χ3n) is 2.52. The maximum Gasteiger partial charge on any atom is 0.129 e. The van der Waals surface area contributed by atoms with E-state index in [1.54, 1.807) is 6.07 Å². The molecule has 0 bridgehead atoms. The zero-order valence-electron chi connectivity index (χ0n) is 9.99. The first kappa shape index (κ1) is 12.2. The molecule has 1 rings (SSSR count). The van der Waals surface area contributed by atoms with E-state index in [1.807, 2.05) is 34.6 Å². The third-order valence-corrected chi connectivity index (χ3v) is 2.52. The Kier molecular flexibility index (Phi) is 3.17. The van der Waals surface area contributed by atoms with Gasteiger partial charge in [0, 0.05) is 6.07 Å². The third kappa shape index (κ3) is 2.55. The molecule has 0 saturated heterocycles. The van der Waals surface area contributed by atoms with Gasteiger partial charge in [0.1, 0.15) is 11.6 Å². The molecule has 1 aromatic rings. The summed E-state index contributed by atoms with van der Waals surface area (Å²) in [5.74, 6) is -0.827. The van der Waals surface area contributed by atoms with Crippen molar-refractivity contribution in [2.45, 2.75) is 46.0 Å². The van der Waals surface area contributed by atoms with E-state index in [0.717, 1.165) is 6.07 Å². The first-order valence-electron chi connectivity index (χ1n) is 5.23. The van der Waals surface area contributed by atoms with E-state index in [0.29, 0.717) is 11.1 Å². The van der Waals surface area contributed by atoms with E-state index in [1.165, 1.54) is 0 Å². The van der Waals surface area contributed by atoms with E-state index in [4.69, 9.17) is 0 Å². The van der Waals surface area contributed by atoms with E-state index >= 15 is 0 Å². The lowest BCUT2D eigenvalue weighted by molar-refractivity contribution is 0.504. The molecule has 0 aliphatic rings. The smallest absolute Gasteiger partial charge is 0.129 e. The normalized spacial score (nSPS) is 12.3. The highest BCUT2D eigenvalue weighted by molar-refractivity contribution is 5.32. The summed E-state index contributed by atoms with van der Waals surface area (Å²) in [6.45, 7) is 9.58. The zero-order valence-corrected chi connectivity index (χ0v) is 9.99. The SMILES string of the molecule is CC(C)c1cc(C(C)(C)C)c(F)cc1F. The fourth-order valence-corrected chi connectivity index (χ4v) is 1.58. The van der Waals surface area contributed by atoms with Gasteiger partial charge in [0.05, 0.1) is 0 Å². The Morgan fingerprint density at radius 2 is 1.53 bits per heavy atom. The lowest BCUT2D eigenvalue weighted by atomic mass is 9.84. The van der Waals surface area contributed by atoms with E-state index in [9.17, 15) is 8.78 Å². The molecule has 0 aliphatic heterocycles. The molecule has 0 spiro atoms. The Morgan fingerprint density at radius 1 is 1.00 bits per heavy atom. The number of benzene rings is 1. The molecule has 15 heavy (non-hydrogen) atoms. The van der Waals surface area contributed by atoms with Gasteiger partial charge in [-0.05, 0) is 28.5 Å². The molecule has 0 aliphatic carbocycles. The van der Waals surface area contributed by atoms with Gasteiger partial charge in [-0.3, -0.25) is 0 Å². The van der Waals surface area contributed by atoms with Crippen LogP contribution in [0.25, 0.3) is 0 Å². The standard InChI is InChI=1S/C13H18F2/c1-8(2)9-6-10(13(3,4)5)12(15)7-11(9)14/h6-8H,1-5H3. The second-order valence-corrected chi connectivity index (χ2v) is 5.26. The van der Waals surface area contributed by atoms with Crippen LogP contribution >= 0.6 is 0 Å². The molecule has 1 aromatic carbocycles. The van der Waals surface area contributed by atoms with Gasteiger partial charge in [0.25, 0.3) is 0 Å². The molecule has 0 aromatic heterocycles. The molecule has 0 amide bonds. The van der Waals surface area contributed by atoms with Crippen molar-refractivity contribution in [1.29, 1.82) is 0 Å². The van der Waals surface area contributed by atoms with Crippen LogP contribution in [-0.4, -0.2) is 0 Å². The van der Waals surface area contributed by atoms with Crippen LogP contribution in [0.5, 0.6) is 0 Å². The first-order chi connectivity index (χ1) is 6.73. The fourth-order valence-electron chi connectivity index (χ4n) is 1.58. The second kappa shape index (κ2) is 3.92. The summed E-state index contributed by atoms with van der Waals surface area (Å²) >= 11 is 0. The molecule has 0 saturated carbocycles. The molecular weight excluding hydrogens is 194 g/mol. The van der Waals surface area contributed by atoms with Crippen LogP contribution in [0.4, 0.5) is 8.78 Å². The van der Waals surface area contributed by atoms with Crippen LogP contribution in [0.15, 0.2) is 12.1 Å². The Balaban J connectivity index is 3.37. The summed E-state index contributed by atoms with van der Waals surface area (Å²) in [5.41, 5.74) is 0.871.